The summed E-state index contributed by atoms with van der Waals surface area (Å²) in [5, 5.41) is 3.49. The van der Waals surface area contributed by atoms with Crippen molar-refractivity contribution >= 4 is 0 Å². The van der Waals surface area contributed by atoms with E-state index in [2.05, 4.69) is 31.0 Å². The van der Waals surface area contributed by atoms with Crippen molar-refractivity contribution in [3.8, 4) is 0 Å². The van der Waals surface area contributed by atoms with E-state index in [0.29, 0.717) is 0 Å². The molecule has 17 heavy (non-hydrogen) atoms. The normalized spacial score (nSPS) is 31.8. The quantitative estimate of drug-likeness (QED) is 0.792. The van der Waals surface area contributed by atoms with Crippen molar-refractivity contribution in [2.75, 3.05) is 26.2 Å². The van der Waals surface area contributed by atoms with Crippen LogP contribution >= 0.6 is 0 Å². The molecule has 0 aromatic carbocycles. The average Bonchev–Trinajstić information content (AvgIpc) is 2.25. The fraction of sp³-hybridized carbons (Fsp3) is 1.00. The Morgan fingerprint density at radius 1 is 1.18 bits per heavy atom. The van der Waals surface area contributed by atoms with Gasteiger partial charge >= 0.3 is 0 Å². The molecule has 0 unspecified atom stereocenters. The minimum atomic E-state index is 0.901. The smallest absolute Gasteiger partial charge is 0.0101 e. The summed E-state index contributed by atoms with van der Waals surface area (Å²) >= 11 is 0. The van der Waals surface area contributed by atoms with E-state index in [-0.39, 0.29) is 0 Å². The van der Waals surface area contributed by atoms with E-state index >= 15 is 0 Å². The van der Waals surface area contributed by atoms with Crippen molar-refractivity contribution in [2.24, 2.45) is 17.8 Å². The molecule has 2 heteroatoms. The first-order valence-electron chi connectivity index (χ1n) is 7.65. The summed E-state index contributed by atoms with van der Waals surface area (Å²) < 4.78 is 0. The molecule has 1 N–H and O–H groups in total. The molecule has 0 radical (unpaired) electrons. The highest BCUT2D eigenvalue weighted by Gasteiger charge is 2.36. The third-order valence-electron chi connectivity index (χ3n) is 4.94. The topological polar surface area (TPSA) is 15.3 Å². The van der Waals surface area contributed by atoms with Crippen molar-refractivity contribution in [3.05, 3.63) is 0 Å². The Hall–Kier alpha value is -0.0800. The lowest BCUT2D eigenvalue weighted by atomic mass is 9.72. The van der Waals surface area contributed by atoms with Crippen molar-refractivity contribution in [3.63, 3.8) is 0 Å². The van der Waals surface area contributed by atoms with Gasteiger partial charge in [0.05, 0.1) is 0 Å². The molecule has 1 aliphatic heterocycles. The van der Waals surface area contributed by atoms with E-state index in [1.807, 2.05) is 0 Å². The molecule has 0 bridgehead atoms. The first-order chi connectivity index (χ1) is 8.20. The van der Waals surface area contributed by atoms with Gasteiger partial charge < -0.3 is 10.2 Å². The van der Waals surface area contributed by atoms with Gasteiger partial charge in [-0.1, -0.05) is 20.8 Å². The molecule has 1 aliphatic carbocycles. The maximum absolute atomic E-state index is 3.49. The molecule has 1 saturated carbocycles. The lowest BCUT2D eigenvalue weighted by Gasteiger charge is -2.47. The molecule has 1 saturated heterocycles. The molecule has 0 atom stereocenters. The first-order valence-corrected chi connectivity index (χ1v) is 7.65. The molecule has 0 spiro atoms. The molecular weight excluding hydrogens is 208 g/mol. The summed E-state index contributed by atoms with van der Waals surface area (Å²) in [7, 11) is 0. The highest BCUT2D eigenvalue weighted by atomic mass is 15.2. The van der Waals surface area contributed by atoms with Gasteiger partial charge in [0.25, 0.3) is 0 Å². The lowest BCUT2D eigenvalue weighted by Crippen LogP contribution is -2.49. The second kappa shape index (κ2) is 6.19. The molecule has 2 rings (SSSR count). The number of nitrogens with one attached hydrogen (secondary N) is 1. The van der Waals surface area contributed by atoms with Crippen LogP contribution in [-0.2, 0) is 0 Å². The van der Waals surface area contributed by atoms with E-state index < -0.39 is 0 Å². The van der Waals surface area contributed by atoms with E-state index in [1.165, 1.54) is 45.3 Å². The van der Waals surface area contributed by atoms with Gasteiger partial charge in [-0.25, -0.2) is 0 Å². The predicted octanol–water partition coefficient (Wildman–Crippen LogP) is 2.74. The number of rotatable bonds is 5. The van der Waals surface area contributed by atoms with Crippen LogP contribution in [-0.4, -0.2) is 37.1 Å². The number of hydrogen-bond donors (Lipinski definition) is 1. The largest absolute Gasteiger partial charge is 0.317 e. The number of likely N-dealkylation sites (tertiary alicyclic amines) is 1. The Morgan fingerprint density at radius 3 is 2.35 bits per heavy atom. The zero-order valence-corrected chi connectivity index (χ0v) is 11.9. The summed E-state index contributed by atoms with van der Waals surface area (Å²) in [5.74, 6) is 2.85. The van der Waals surface area contributed by atoms with Crippen LogP contribution in [0.5, 0.6) is 0 Å². The van der Waals surface area contributed by atoms with Crippen molar-refractivity contribution in [1.29, 1.82) is 0 Å². The van der Waals surface area contributed by atoms with Crippen LogP contribution in [0.4, 0.5) is 0 Å². The third-order valence-corrected chi connectivity index (χ3v) is 4.94. The van der Waals surface area contributed by atoms with E-state index in [0.717, 1.165) is 30.3 Å². The lowest BCUT2D eigenvalue weighted by molar-refractivity contribution is 0.0315. The average molecular weight is 238 g/mol. The second-order valence-electron chi connectivity index (χ2n) is 6.42. The number of hydrogen-bond acceptors (Lipinski definition) is 2. The van der Waals surface area contributed by atoms with Crippen LogP contribution in [0.15, 0.2) is 0 Å². The van der Waals surface area contributed by atoms with Gasteiger partial charge in [0.2, 0.25) is 0 Å². The number of piperidine rings is 1. The minimum Gasteiger partial charge on any atom is -0.317 e. The molecule has 2 fully saturated rings. The summed E-state index contributed by atoms with van der Waals surface area (Å²) in [6, 6.07) is 0.933. The summed E-state index contributed by atoms with van der Waals surface area (Å²) in [6.07, 6.45) is 5.76. The molecular formula is C15H30N2. The predicted molar refractivity (Wildman–Crippen MR) is 74.2 cm³/mol. The van der Waals surface area contributed by atoms with Gasteiger partial charge in [-0.05, 0) is 69.6 Å². The van der Waals surface area contributed by atoms with Crippen molar-refractivity contribution in [1.82, 2.24) is 10.2 Å². The van der Waals surface area contributed by atoms with E-state index in [4.69, 9.17) is 0 Å². The molecule has 0 aromatic heterocycles. The Kier molecular flexibility index (Phi) is 4.87. The van der Waals surface area contributed by atoms with Crippen LogP contribution in [0.2, 0.25) is 0 Å². The maximum atomic E-state index is 3.49. The zero-order chi connectivity index (χ0) is 12.3. The minimum absolute atomic E-state index is 0.901. The Labute approximate surface area is 107 Å². The molecule has 2 nitrogen and oxygen atoms in total. The van der Waals surface area contributed by atoms with Crippen LogP contribution in [0, 0.1) is 17.8 Å². The Bertz CT molecular complexity index is 213. The van der Waals surface area contributed by atoms with Crippen LogP contribution in [0.3, 0.4) is 0 Å². The van der Waals surface area contributed by atoms with Gasteiger partial charge in [-0.2, -0.15) is 0 Å². The molecule has 2 aliphatic rings. The second-order valence-corrected chi connectivity index (χ2v) is 6.42. The van der Waals surface area contributed by atoms with Crippen LogP contribution < -0.4 is 5.32 Å². The summed E-state index contributed by atoms with van der Waals surface area (Å²) in [4.78, 5) is 2.77. The van der Waals surface area contributed by atoms with Crippen LogP contribution in [0.1, 0.15) is 46.5 Å². The monoisotopic (exact) mass is 238 g/mol. The van der Waals surface area contributed by atoms with Gasteiger partial charge in [0, 0.05) is 6.04 Å². The van der Waals surface area contributed by atoms with E-state index in [1.54, 1.807) is 0 Å². The molecule has 1 heterocycles. The van der Waals surface area contributed by atoms with Crippen molar-refractivity contribution in [2.45, 2.75) is 52.5 Å². The third kappa shape index (κ3) is 3.45. The fourth-order valence-corrected chi connectivity index (χ4v) is 3.34. The van der Waals surface area contributed by atoms with Gasteiger partial charge in [0.1, 0.15) is 0 Å². The first kappa shape index (κ1) is 13.4. The summed E-state index contributed by atoms with van der Waals surface area (Å²) in [6.45, 7) is 12.0. The molecule has 0 aromatic rings. The molecule has 100 valence electrons. The number of nitrogens with zero attached hydrogens (tertiary/aromatic N) is 1. The van der Waals surface area contributed by atoms with E-state index in [9.17, 15) is 0 Å². The fourth-order valence-electron chi connectivity index (χ4n) is 3.34. The highest BCUT2D eigenvalue weighted by molar-refractivity contribution is 4.90. The van der Waals surface area contributed by atoms with Crippen LogP contribution in [0.25, 0.3) is 0 Å². The Morgan fingerprint density at radius 2 is 1.82 bits per heavy atom. The maximum Gasteiger partial charge on any atom is 0.0101 e. The standard InChI is InChI=1S/C15H30N2/c1-4-16-11-13-5-7-17(8-6-13)15-9-14(10-15)12(2)3/h12-16H,4-11H2,1-3H3. The SMILES string of the molecule is CCNCC1CCN(C2CC(C(C)C)C2)CC1. The zero-order valence-electron chi connectivity index (χ0n) is 11.9. The van der Waals surface area contributed by atoms with Gasteiger partial charge in [-0.3, -0.25) is 0 Å². The van der Waals surface area contributed by atoms with Gasteiger partial charge in [0.15, 0.2) is 0 Å². The van der Waals surface area contributed by atoms with Crippen molar-refractivity contribution < 1.29 is 0 Å². The summed E-state index contributed by atoms with van der Waals surface area (Å²) in [5.41, 5.74) is 0. The highest BCUT2D eigenvalue weighted by Crippen LogP contribution is 2.38. The van der Waals surface area contributed by atoms with Gasteiger partial charge in [-0.15, -0.1) is 0 Å². The molecule has 0 amide bonds. The Balaban J connectivity index is 1.63.